The molecule has 2 aromatic heterocycles. The van der Waals surface area contributed by atoms with Crippen LogP contribution in [0.15, 0.2) is 59.3 Å². The Kier molecular flexibility index (Phi) is 6.14. The molecule has 0 spiro atoms. The van der Waals surface area contributed by atoms with Crippen LogP contribution in [0.5, 0.6) is 0 Å². The number of nitrogens with zero attached hydrogens (tertiary/aromatic N) is 3. The van der Waals surface area contributed by atoms with Crippen LogP contribution in [-0.2, 0) is 0 Å². The fourth-order valence-corrected chi connectivity index (χ4v) is 5.06. The molecular weight excluding hydrogens is 388 g/mol. The maximum absolute atomic E-state index is 12.9. The third kappa shape index (κ3) is 4.16. The third-order valence-corrected chi connectivity index (χ3v) is 6.73. The fraction of sp³-hybridized carbons (Fsp3) is 0.333. The Hall–Kier alpha value is -2.09. The maximum Gasteiger partial charge on any atom is 0.251 e. The summed E-state index contributed by atoms with van der Waals surface area (Å²) >= 11 is 3.35. The van der Waals surface area contributed by atoms with Crippen molar-refractivity contribution in [3.05, 3.63) is 64.6 Å². The van der Waals surface area contributed by atoms with Crippen LogP contribution in [0.2, 0.25) is 0 Å². The first-order valence-electron chi connectivity index (χ1n) is 9.49. The van der Waals surface area contributed by atoms with Gasteiger partial charge in [-0.05, 0) is 61.8 Å². The molecule has 3 heterocycles. The Morgan fingerprint density at radius 1 is 1.29 bits per heavy atom. The quantitative estimate of drug-likeness (QED) is 0.590. The zero-order valence-corrected chi connectivity index (χ0v) is 17.5. The molecule has 4 rings (SSSR count). The van der Waals surface area contributed by atoms with E-state index in [1.165, 1.54) is 17.7 Å². The number of thioether (sulfide) groups is 1. The van der Waals surface area contributed by atoms with Crippen LogP contribution in [-0.4, -0.2) is 46.2 Å². The number of nitrogens with one attached hydrogen (secondary N) is 1. The molecule has 0 bridgehead atoms. The first-order valence-corrected chi connectivity index (χ1v) is 11.6. The van der Waals surface area contributed by atoms with Crippen LogP contribution in [0.3, 0.4) is 0 Å². The van der Waals surface area contributed by atoms with Crippen molar-refractivity contribution in [2.45, 2.75) is 24.0 Å². The number of amides is 1. The largest absolute Gasteiger partial charge is 0.350 e. The number of rotatable bonds is 7. The highest BCUT2D eigenvalue weighted by atomic mass is 32.2. The number of imidazole rings is 1. The van der Waals surface area contributed by atoms with Crippen LogP contribution in [0.25, 0.3) is 5.69 Å². The summed E-state index contributed by atoms with van der Waals surface area (Å²) in [5, 5.41) is 6.18. The number of thiophene rings is 1. The molecule has 1 N–H and O–H groups in total. The molecule has 0 saturated carbocycles. The molecule has 146 valence electrons. The summed E-state index contributed by atoms with van der Waals surface area (Å²) < 4.78 is 2.00. The summed E-state index contributed by atoms with van der Waals surface area (Å²) in [5.41, 5.74) is 1.62. The third-order valence-electron chi connectivity index (χ3n) is 5.08. The molecule has 1 fully saturated rings. The number of aromatic nitrogens is 2. The van der Waals surface area contributed by atoms with Gasteiger partial charge in [-0.25, -0.2) is 4.98 Å². The van der Waals surface area contributed by atoms with Gasteiger partial charge in [-0.2, -0.15) is 0 Å². The van der Waals surface area contributed by atoms with Crippen molar-refractivity contribution in [3.8, 4) is 5.69 Å². The van der Waals surface area contributed by atoms with E-state index in [1.807, 2.05) is 41.3 Å². The SMILES string of the molecule is CSc1nccn1-c1cccc(C(=O)NCC(c2cccs2)N2CCCC2)c1. The first kappa shape index (κ1) is 19.2. The van der Waals surface area contributed by atoms with Crippen molar-refractivity contribution >= 4 is 29.0 Å². The van der Waals surface area contributed by atoms with Crippen molar-refractivity contribution in [1.82, 2.24) is 19.8 Å². The van der Waals surface area contributed by atoms with Gasteiger partial charge in [0.25, 0.3) is 5.91 Å². The minimum atomic E-state index is -0.0339. The normalized spacial score (nSPS) is 15.6. The van der Waals surface area contributed by atoms with Gasteiger partial charge in [-0.1, -0.05) is 23.9 Å². The van der Waals surface area contributed by atoms with Crippen molar-refractivity contribution in [1.29, 1.82) is 0 Å². The average Bonchev–Trinajstić information content (AvgIpc) is 3.50. The molecule has 28 heavy (non-hydrogen) atoms. The molecule has 1 amide bonds. The lowest BCUT2D eigenvalue weighted by Crippen LogP contribution is -2.36. The van der Waals surface area contributed by atoms with E-state index in [9.17, 15) is 4.79 Å². The molecular formula is C21H24N4OS2. The standard InChI is InChI=1S/C21H24N4OS2/c1-27-21-22-9-12-25(21)17-7-4-6-16(14-17)20(26)23-15-18(19-8-5-13-28-19)24-10-2-3-11-24/h4-9,12-14,18H,2-3,10-11,15H2,1H3,(H,23,26). The van der Waals surface area contributed by atoms with Crippen molar-refractivity contribution < 1.29 is 4.79 Å². The lowest BCUT2D eigenvalue weighted by atomic mass is 10.1. The Morgan fingerprint density at radius 2 is 2.14 bits per heavy atom. The highest BCUT2D eigenvalue weighted by Crippen LogP contribution is 2.28. The molecule has 5 nitrogen and oxygen atoms in total. The van der Waals surface area contributed by atoms with Crippen LogP contribution in [0, 0.1) is 0 Å². The van der Waals surface area contributed by atoms with Crippen LogP contribution in [0.1, 0.15) is 34.1 Å². The molecule has 0 radical (unpaired) electrons. The second-order valence-electron chi connectivity index (χ2n) is 6.82. The van der Waals surface area contributed by atoms with E-state index >= 15 is 0 Å². The van der Waals surface area contributed by atoms with E-state index in [0.29, 0.717) is 12.1 Å². The van der Waals surface area contributed by atoms with E-state index in [0.717, 1.165) is 23.9 Å². The fourth-order valence-electron chi connectivity index (χ4n) is 3.67. The van der Waals surface area contributed by atoms with Gasteiger partial charge < -0.3 is 5.32 Å². The number of hydrogen-bond donors (Lipinski definition) is 1. The molecule has 7 heteroatoms. The molecule has 1 aromatic carbocycles. The summed E-state index contributed by atoms with van der Waals surface area (Å²) in [4.78, 5) is 21.0. The summed E-state index contributed by atoms with van der Waals surface area (Å²) in [6.45, 7) is 2.84. The van der Waals surface area contributed by atoms with Gasteiger partial charge in [0.1, 0.15) is 0 Å². The molecule has 1 saturated heterocycles. The number of hydrogen-bond acceptors (Lipinski definition) is 5. The van der Waals surface area contributed by atoms with Crippen LogP contribution in [0.4, 0.5) is 0 Å². The number of carbonyl (C=O) groups excluding carboxylic acids is 1. The smallest absolute Gasteiger partial charge is 0.251 e. The predicted molar refractivity (Wildman–Crippen MR) is 116 cm³/mol. The highest BCUT2D eigenvalue weighted by Gasteiger charge is 2.24. The lowest BCUT2D eigenvalue weighted by molar-refractivity contribution is 0.0938. The second-order valence-corrected chi connectivity index (χ2v) is 8.57. The van der Waals surface area contributed by atoms with Crippen molar-refractivity contribution in [2.75, 3.05) is 25.9 Å². The molecule has 1 aliphatic heterocycles. The Morgan fingerprint density at radius 3 is 2.89 bits per heavy atom. The second kappa shape index (κ2) is 8.94. The lowest BCUT2D eigenvalue weighted by Gasteiger charge is -2.27. The van der Waals surface area contributed by atoms with Crippen molar-refractivity contribution in [2.24, 2.45) is 0 Å². The first-order chi connectivity index (χ1) is 13.8. The maximum atomic E-state index is 12.9. The molecule has 3 aromatic rings. The monoisotopic (exact) mass is 412 g/mol. The summed E-state index contributed by atoms with van der Waals surface area (Å²) in [7, 11) is 0. The van der Waals surface area contributed by atoms with E-state index < -0.39 is 0 Å². The van der Waals surface area contributed by atoms with Crippen LogP contribution < -0.4 is 5.32 Å². The zero-order valence-electron chi connectivity index (χ0n) is 15.9. The van der Waals surface area contributed by atoms with Crippen LogP contribution >= 0.6 is 23.1 Å². The topological polar surface area (TPSA) is 50.2 Å². The molecule has 0 aliphatic carbocycles. The Balaban J connectivity index is 1.48. The summed E-state index contributed by atoms with van der Waals surface area (Å²) in [6.07, 6.45) is 8.17. The van der Waals surface area contributed by atoms with E-state index in [4.69, 9.17) is 0 Å². The zero-order chi connectivity index (χ0) is 19.3. The number of carbonyl (C=O) groups is 1. The van der Waals surface area contributed by atoms with E-state index in [-0.39, 0.29) is 11.9 Å². The van der Waals surface area contributed by atoms with Crippen molar-refractivity contribution in [3.63, 3.8) is 0 Å². The van der Waals surface area contributed by atoms with Gasteiger partial charge >= 0.3 is 0 Å². The minimum absolute atomic E-state index is 0.0339. The Labute approximate surface area is 173 Å². The number of likely N-dealkylation sites (tertiary alicyclic amines) is 1. The average molecular weight is 413 g/mol. The molecule has 1 aliphatic rings. The summed E-state index contributed by atoms with van der Waals surface area (Å²) in [5.74, 6) is -0.0339. The minimum Gasteiger partial charge on any atom is -0.350 e. The van der Waals surface area contributed by atoms with Gasteiger partial charge in [-0.3, -0.25) is 14.3 Å². The van der Waals surface area contributed by atoms with Gasteiger partial charge in [-0.15, -0.1) is 11.3 Å². The predicted octanol–water partition coefficient (Wildman–Crippen LogP) is 4.22. The molecule has 1 atom stereocenters. The summed E-state index contributed by atoms with van der Waals surface area (Å²) in [6, 6.07) is 12.2. The van der Waals surface area contributed by atoms with Gasteiger partial charge in [0.2, 0.25) is 0 Å². The highest BCUT2D eigenvalue weighted by molar-refractivity contribution is 7.98. The van der Waals surface area contributed by atoms with E-state index in [2.05, 4.69) is 32.7 Å². The Bertz CT molecular complexity index is 916. The van der Waals surface area contributed by atoms with Gasteiger partial charge in [0, 0.05) is 35.1 Å². The van der Waals surface area contributed by atoms with Gasteiger partial charge in [0.05, 0.1) is 6.04 Å². The number of benzene rings is 1. The molecule has 1 unspecified atom stereocenters. The van der Waals surface area contributed by atoms with Gasteiger partial charge in [0.15, 0.2) is 5.16 Å². The van der Waals surface area contributed by atoms with E-state index in [1.54, 1.807) is 29.3 Å².